The van der Waals surface area contributed by atoms with E-state index in [2.05, 4.69) is 28.6 Å². The van der Waals surface area contributed by atoms with Gasteiger partial charge in [-0.2, -0.15) is 0 Å². The van der Waals surface area contributed by atoms with Gasteiger partial charge < -0.3 is 0 Å². The Hall–Kier alpha value is -2.31. The fraction of sp³-hybridized carbons (Fsp3) is 0.364. The number of benzene rings is 1. The summed E-state index contributed by atoms with van der Waals surface area (Å²) in [5, 5.41) is 10.5. The third-order valence-corrected chi connectivity index (χ3v) is 6.84. The van der Waals surface area contributed by atoms with Crippen LogP contribution in [0, 0.1) is 26.7 Å². The highest BCUT2D eigenvalue weighted by atomic mass is 35.5. The highest BCUT2D eigenvalue weighted by Crippen LogP contribution is 2.39. The Balaban J connectivity index is 1.99. The van der Waals surface area contributed by atoms with Crippen LogP contribution in [0.15, 0.2) is 29.3 Å². The number of carbonyl (C=O) groups is 1. The molecular weight excluding hydrogens is 404 g/mol. The Morgan fingerprint density at radius 3 is 2.52 bits per heavy atom. The quantitative estimate of drug-likeness (QED) is 0.560. The van der Waals surface area contributed by atoms with Gasteiger partial charge in [0.1, 0.15) is 22.7 Å². The lowest BCUT2D eigenvalue weighted by Crippen LogP contribution is -2.14. The Morgan fingerprint density at radius 1 is 1.17 bits per heavy atom. The summed E-state index contributed by atoms with van der Waals surface area (Å²) >= 11 is 7.83. The van der Waals surface area contributed by atoms with Gasteiger partial charge >= 0.3 is 0 Å². The van der Waals surface area contributed by atoms with Crippen LogP contribution in [0.5, 0.6) is 0 Å². The smallest absolute Gasteiger partial charge is 0.163 e. The summed E-state index contributed by atoms with van der Waals surface area (Å²) in [6.07, 6.45) is 0.305. The zero-order valence-electron chi connectivity index (χ0n) is 17.2. The highest BCUT2D eigenvalue weighted by Gasteiger charge is 2.32. The predicted octanol–water partition coefficient (Wildman–Crippen LogP) is 5.41. The number of hydrogen-bond donors (Lipinski definition) is 0. The molecule has 0 amide bonds. The molecular formula is C22H23ClN4OS. The molecule has 0 saturated heterocycles. The van der Waals surface area contributed by atoms with Gasteiger partial charge in [-0.05, 0) is 38.5 Å². The van der Waals surface area contributed by atoms with Gasteiger partial charge in [-0.3, -0.25) is 14.4 Å². The molecule has 1 unspecified atom stereocenters. The second kappa shape index (κ2) is 7.50. The lowest BCUT2D eigenvalue weighted by Gasteiger charge is -2.13. The second-order valence-electron chi connectivity index (χ2n) is 7.73. The van der Waals surface area contributed by atoms with Crippen LogP contribution in [0.2, 0.25) is 5.02 Å². The van der Waals surface area contributed by atoms with Gasteiger partial charge in [-0.1, -0.05) is 37.6 Å². The van der Waals surface area contributed by atoms with E-state index in [9.17, 15) is 4.79 Å². The minimum absolute atomic E-state index is 0.0528. The SMILES string of the molecule is Cc1sc2c(c1C)C(c1ccc(Cl)cc1)=NC(CC(=O)C(C)C)c1nnc(C)n1-2. The summed E-state index contributed by atoms with van der Waals surface area (Å²) in [5.41, 5.74) is 4.13. The summed E-state index contributed by atoms with van der Waals surface area (Å²) < 4.78 is 2.07. The molecule has 1 atom stereocenters. The Kier molecular flexibility index (Phi) is 5.17. The van der Waals surface area contributed by atoms with Gasteiger partial charge in [0, 0.05) is 33.4 Å². The van der Waals surface area contributed by atoms with Gasteiger partial charge in [0.05, 0.1) is 5.71 Å². The first-order valence-electron chi connectivity index (χ1n) is 9.67. The predicted molar refractivity (Wildman–Crippen MR) is 118 cm³/mol. The van der Waals surface area contributed by atoms with Gasteiger partial charge in [0.25, 0.3) is 0 Å². The number of carbonyl (C=O) groups excluding carboxylic acids is 1. The van der Waals surface area contributed by atoms with Gasteiger partial charge in [0.15, 0.2) is 5.82 Å². The molecule has 2 aromatic heterocycles. The van der Waals surface area contributed by atoms with Gasteiger partial charge in [0.2, 0.25) is 0 Å². The number of rotatable bonds is 4. The van der Waals surface area contributed by atoms with E-state index in [1.807, 2.05) is 45.0 Å². The van der Waals surface area contributed by atoms with Crippen molar-refractivity contribution in [2.75, 3.05) is 0 Å². The van der Waals surface area contributed by atoms with Crippen LogP contribution in [0.4, 0.5) is 0 Å². The molecule has 0 spiro atoms. The molecule has 0 radical (unpaired) electrons. The summed E-state index contributed by atoms with van der Waals surface area (Å²) in [5.74, 6) is 1.64. The minimum atomic E-state index is -0.379. The molecule has 5 nitrogen and oxygen atoms in total. The van der Waals surface area contributed by atoms with Crippen LogP contribution in [0.3, 0.4) is 0 Å². The summed E-state index contributed by atoms with van der Waals surface area (Å²) in [6, 6.07) is 7.34. The molecule has 3 aromatic rings. The molecule has 1 aliphatic rings. The van der Waals surface area contributed by atoms with E-state index in [4.69, 9.17) is 16.6 Å². The number of aliphatic imine (C=N–C) groups is 1. The number of halogens is 1. The maximum absolute atomic E-state index is 12.6. The van der Waals surface area contributed by atoms with Crippen LogP contribution >= 0.6 is 22.9 Å². The van der Waals surface area contributed by atoms with Crippen molar-refractivity contribution in [1.29, 1.82) is 0 Å². The fourth-order valence-electron chi connectivity index (χ4n) is 3.56. The van der Waals surface area contributed by atoms with Crippen LogP contribution in [-0.4, -0.2) is 26.3 Å². The second-order valence-corrected chi connectivity index (χ2v) is 9.37. The number of Topliss-reactive ketones (excluding diaryl/α,β-unsaturated/α-hetero) is 1. The van der Waals surface area contributed by atoms with Crippen molar-refractivity contribution in [3.8, 4) is 5.00 Å². The number of aromatic nitrogens is 3. The third kappa shape index (κ3) is 3.45. The Morgan fingerprint density at radius 2 is 1.86 bits per heavy atom. The normalized spacial score (nSPS) is 15.7. The van der Waals surface area contributed by atoms with Crippen LogP contribution in [-0.2, 0) is 4.79 Å². The van der Waals surface area contributed by atoms with Crippen LogP contribution in [0.25, 0.3) is 5.00 Å². The molecule has 150 valence electrons. The minimum Gasteiger partial charge on any atom is -0.299 e. The van der Waals surface area contributed by atoms with E-state index >= 15 is 0 Å². The van der Waals surface area contributed by atoms with Gasteiger partial charge in [-0.25, -0.2) is 0 Å². The molecule has 0 N–H and O–H groups in total. The molecule has 0 bridgehead atoms. The maximum Gasteiger partial charge on any atom is 0.163 e. The van der Waals surface area contributed by atoms with Crippen molar-refractivity contribution < 1.29 is 4.79 Å². The Labute approximate surface area is 179 Å². The monoisotopic (exact) mass is 426 g/mol. The standard InChI is InChI=1S/C22H23ClN4OS/c1-11(2)18(28)10-17-21-26-25-14(5)27(21)22-19(12(3)13(4)29-22)20(24-17)15-6-8-16(23)9-7-15/h6-9,11,17H,10H2,1-5H3. The lowest BCUT2D eigenvalue weighted by atomic mass is 9.98. The first kappa shape index (κ1) is 20.0. The summed E-state index contributed by atoms with van der Waals surface area (Å²) in [6.45, 7) is 10.0. The molecule has 4 rings (SSSR count). The lowest BCUT2D eigenvalue weighted by molar-refractivity contribution is -0.122. The van der Waals surface area contributed by atoms with E-state index in [0.29, 0.717) is 11.4 Å². The van der Waals surface area contributed by atoms with Crippen molar-refractivity contribution in [1.82, 2.24) is 14.8 Å². The molecule has 0 saturated carbocycles. The van der Waals surface area contributed by atoms with Crippen molar-refractivity contribution in [2.24, 2.45) is 10.9 Å². The van der Waals surface area contributed by atoms with Gasteiger partial charge in [-0.15, -0.1) is 21.5 Å². The van der Waals surface area contributed by atoms with Crippen molar-refractivity contribution in [3.63, 3.8) is 0 Å². The molecule has 3 heterocycles. The average Bonchev–Trinajstić information content (AvgIpc) is 3.15. The highest BCUT2D eigenvalue weighted by molar-refractivity contribution is 7.15. The largest absolute Gasteiger partial charge is 0.299 e. The average molecular weight is 427 g/mol. The fourth-order valence-corrected chi connectivity index (χ4v) is 4.90. The zero-order valence-corrected chi connectivity index (χ0v) is 18.7. The topological polar surface area (TPSA) is 60.1 Å². The van der Waals surface area contributed by atoms with E-state index in [0.717, 1.165) is 33.5 Å². The molecule has 0 aliphatic carbocycles. The van der Waals surface area contributed by atoms with Crippen molar-refractivity contribution in [2.45, 2.75) is 47.1 Å². The van der Waals surface area contributed by atoms with Crippen LogP contribution in [0.1, 0.15) is 59.5 Å². The first-order valence-corrected chi connectivity index (χ1v) is 10.9. The molecule has 1 aromatic carbocycles. The Bertz CT molecular complexity index is 1120. The van der Waals surface area contributed by atoms with E-state index in [1.54, 1.807) is 11.3 Å². The maximum atomic E-state index is 12.6. The van der Waals surface area contributed by atoms with E-state index in [1.165, 1.54) is 10.4 Å². The van der Waals surface area contributed by atoms with E-state index < -0.39 is 0 Å². The van der Waals surface area contributed by atoms with Crippen molar-refractivity contribution >= 4 is 34.4 Å². The molecule has 1 aliphatic heterocycles. The number of fused-ring (bicyclic) bond motifs is 3. The molecule has 0 fully saturated rings. The third-order valence-electron chi connectivity index (χ3n) is 5.40. The number of ketones is 1. The van der Waals surface area contributed by atoms with Crippen molar-refractivity contribution in [3.05, 3.63) is 62.5 Å². The summed E-state index contributed by atoms with van der Waals surface area (Å²) in [4.78, 5) is 19.0. The number of hydrogen-bond acceptors (Lipinski definition) is 5. The molecule has 29 heavy (non-hydrogen) atoms. The number of nitrogens with zero attached hydrogens (tertiary/aromatic N) is 4. The van der Waals surface area contributed by atoms with E-state index in [-0.39, 0.29) is 17.7 Å². The molecule has 7 heteroatoms. The zero-order chi connectivity index (χ0) is 20.9. The number of thiophene rings is 1. The van der Waals surface area contributed by atoms with Crippen LogP contribution < -0.4 is 0 Å². The first-order chi connectivity index (χ1) is 13.8. The number of aryl methyl sites for hydroxylation is 2. The summed E-state index contributed by atoms with van der Waals surface area (Å²) in [7, 11) is 0.